The van der Waals surface area contributed by atoms with Crippen LogP contribution in [0.25, 0.3) is 0 Å². The van der Waals surface area contributed by atoms with Crippen molar-refractivity contribution in [2.24, 2.45) is 5.73 Å². The number of morpholine rings is 1. The van der Waals surface area contributed by atoms with E-state index in [4.69, 9.17) is 10.5 Å². The van der Waals surface area contributed by atoms with Gasteiger partial charge in [-0.1, -0.05) is 29.8 Å². The highest BCUT2D eigenvalue weighted by Crippen LogP contribution is 2.26. The van der Waals surface area contributed by atoms with Crippen molar-refractivity contribution in [3.8, 4) is 0 Å². The molecule has 0 spiro atoms. The second-order valence-corrected chi connectivity index (χ2v) is 5.36. The molecular weight excluding hydrogens is 224 g/mol. The van der Waals surface area contributed by atoms with Gasteiger partial charge in [-0.2, -0.15) is 0 Å². The number of nitrogens with two attached hydrogens (primary N) is 1. The van der Waals surface area contributed by atoms with Gasteiger partial charge in [-0.25, -0.2) is 0 Å². The third-order valence-electron chi connectivity index (χ3n) is 3.71. The first-order valence-electron chi connectivity index (χ1n) is 6.75. The fraction of sp³-hybridized carbons (Fsp3) is 0.600. The maximum Gasteiger partial charge on any atom is 0.0675 e. The van der Waals surface area contributed by atoms with Crippen LogP contribution >= 0.6 is 0 Å². The molecule has 0 aromatic heterocycles. The van der Waals surface area contributed by atoms with E-state index < -0.39 is 0 Å². The number of hydrogen-bond acceptors (Lipinski definition) is 3. The largest absolute Gasteiger partial charge is 0.376 e. The Labute approximate surface area is 110 Å². The minimum atomic E-state index is 0.292. The number of rotatable bonds is 3. The topological polar surface area (TPSA) is 38.5 Å². The van der Waals surface area contributed by atoms with Crippen LogP contribution in [0.4, 0.5) is 0 Å². The van der Waals surface area contributed by atoms with Gasteiger partial charge in [-0.05, 0) is 26.3 Å². The molecule has 2 N–H and O–H groups in total. The van der Waals surface area contributed by atoms with Crippen molar-refractivity contribution in [2.75, 3.05) is 19.7 Å². The Morgan fingerprint density at radius 2 is 2.22 bits per heavy atom. The molecule has 1 fully saturated rings. The molecule has 100 valence electrons. The molecule has 3 nitrogen and oxygen atoms in total. The van der Waals surface area contributed by atoms with Gasteiger partial charge in [0.1, 0.15) is 0 Å². The second kappa shape index (κ2) is 5.83. The summed E-state index contributed by atoms with van der Waals surface area (Å²) in [5.74, 6) is 0. The maximum absolute atomic E-state index is 6.01. The lowest BCUT2D eigenvalue weighted by Gasteiger charge is -2.41. The third-order valence-corrected chi connectivity index (χ3v) is 3.71. The third kappa shape index (κ3) is 2.91. The van der Waals surface area contributed by atoms with Gasteiger partial charge in [-0.15, -0.1) is 0 Å². The highest BCUT2D eigenvalue weighted by molar-refractivity contribution is 5.25. The average Bonchev–Trinajstić information content (AvgIpc) is 2.35. The van der Waals surface area contributed by atoms with Gasteiger partial charge in [0.15, 0.2) is 0 Å². The van der Waals surface area contributed by atoms with E-state index in [0.29, 0.717) is 24.7 Å². The van der Waals surface area contributed by atoms with Gasteiger partial charge in [0.25, 0.3) is 0 Å². The summed E-state index contributed by atoms with van der Waals surface area (Å²) in [6.45, 7) is 8.87. The second-order valence-electron chi connectivity index (χ2n) is 5.36. The number of benzene rings is 1. The minimum absolute atomic E-state index is 0.292. The normalized spacial score (nSPS) is 27.1. The fourth-order valence-electron chi connectivity index (χ4n) is 2.70. The number of hydrogen-bond donors (Lipinski definition) is 1. The van der Waals surface area contributed by atoms with Gasteiger partial charge < -0.3 is 10.5 Å². The maximum atomic E-state index is 6.01. The molecule has 0 radical (unpaired) electrons. The highest BCUT2D eigenvalue weighted by atomic mass is 16.5. The van der Waals surface area contributed by atoms with Crippen LogP contribution in [0.2, 0.25) is 0 Å². The van der Waals surface area contributed by atoms with Crippen LogP contribution in [0, 0.1) is 6.92 Å². The van der Waals surface area contributed by atoms with Crippen LogP contribution < -0.4 is 5.73 Å². The smallest absolute Gasteiger partial charge is 0.0675 e. The SMILES string of the molecule is Cc1cccc(C(CN)N2CC(C)OCC2C)c1. The lowest BCUT2D eigenvalue weighted by atomic mass is 10.0. The molecule has 2 rings (SSSR count). The van der Waals surface area contributed by atoms with Crippen LogP contribution in [0.5, 0.6) is 0 Å². The first-order chi connectivity index (χ1) is 8.61. The summed E-state index contributed by atoms with van der Waals surface area (Å²) in [6.07, 6.45) is 0.292. The standard InChI is InChI=1S/C15H24N2O/c1-11-5-4-6-14(7-11)15(8-16)17-9-13(3)18-10-12(17)2/h4-7,12-13,15H,8-10,16H2,1-3H3. The average molecular weight is 248 g/mol. The molecule has 18 heavy (non-hydrogen) atoms. The molecule has 3 unspecified atom stereocenters. The summed E-state index contributed by atoms with van der Waals surface area (Å²) < 4.78 is 5.69. The van der Waals surface area contributed by atoms with E-state index >= 15 is 0 Å². The highest BCUT2D eigenvalue weighted by Gasteiger charge is 2.29. The fourth-order valence-corrected chi connectivity index (χ4v) is 2.70. The van der Waals surface area contributed by atoms with Crippen LogP contribution in [-0.4, -0.2) is 36.7 Å². The molecule has 3 atom stereocenters. The Balaban J connectivity index is 2.21. The predicted octanol–water partition coefficient (Wildman–Crippen LogP) is 2.10. The first kappa shape index (κ1) is 13.5. The van der Waals surface area contributed by atoms with E-state index in [-0.39, 0.29) is 0 Å². The molecule has 1 aliphatic rings. The Morgan fingerprint density at radius 3 is 2.89 bits per heavy atom. The van der Waals surface area contributed by atoms with Crippen molar-refractivity contribution in [1.29, 1.82) is 0 Å². The van der Waals surface area contributed by atoms with E-state index in [1.54, 1.807) is 0 Å². The summed E-state index contributed by atoms with van der Waals surface area (Å²) in [5, 5.41) is 0. The zero-order valence-electron chi connectivity index (χ0n) is 11.6. The van der Waals surface area contributed by atoms with Crippen molar-refractivity contribution in [1.82, 2.24) is 4.90 Å². The van der Waals surface area contributed by atoms with Crippen LogP contribution in [0.3, 0.4) is 0 Å². The summed E-state index contributed by atoms with van der Waals surface area (Å²) in [7, 11) is 0. The van der Waals surface area contributed by atoms with Crippen molar-refractivity contribution in [2.45, 2.75) is 39.0 Å². The molecule has 1 aromatic rings. The molecule has 3 heteroatoms. The Hall–Kier alpha value is -0.900. The molecule has 1 heterocycles. The number of ether oxygens (including phenoxy) is 1. The van der Waals surface area contributed by atoms with E-state index in [1.165, 1.54) is 11.1 Å². The van der Waals surface area contributed by atoms with E-state index in [2.05, 4.69) is 49.9 Å². The molecule has 1 aliphatic heterocycles. The van der Waals surface area contributed by atoms with Gasteiger partial charge in [0, 0.05) is 25.2 Å². The number of nitrogens with zero attached hydrogens (tertiary/aromatic N) is 1. The lowest BCUT2D eigenvalue weighted by Crippen LogP contribution is -2.50. The minimum Gasteiger partial charge on any atom is -0.376 e. The van der Waals surface area contributed by atoms with Gasteiger partial charge in [0.2, 0.25) is 0 Å². The van der Waals surface area contributed by atoms with E-state index in [1.807, 2.05) is 0 Å². The molecule has 1 saturated heterocycles. The van der Waals surface area contributed by atoms with Crippen LogP contribution in [-0.2, 0) is 4.74 Å². The Kier molecular flexibility index (Phi) is 4.38. The predicted molar refractivity (Wildman–Crippen MR) is 74.6 cm³/mol. The van der Waals surface area contributed by atoms with Crippen LogP contribution in [0.15, 0.2) is 24.3 Å². The van der Waals surface area contributed by atoms with Crippen molar-refractivity contribution in [3.05, 3.63) is 35.4 Å². The Morgan fingerprint density at radius 1 is 1.44 bits per heavy atom. The molecule has 0 saturated carbocycles. The summed E-state index contributed by atoms with van der Waals surface area (Å²) in [6, 6.07) is 9.38. The van der Waals surface area contributed by atoms with Crippen molar-refractivity contribution < 1.29 is 4.74 Å². The Bertz CT molecular complexity index is 394. The first-order valence-corrected chi connectivity index (χ1v) is 6.75. The van der Waals surface area contributed by atoms with Gasteiger partial charge in [0.05, 0.1) is 12.7 Å². The van der Waals surface area contributed by atoms with Crippen molar-refractivity contribution >= 4 is 0 Å². The molecular formula is C15H24N2O. The summed E-state index contributed by atoms with van der Waals surface area (Å²) in [4.78, 5) is 2.48. The lowest BCUT2D eigenvalue weighted by molar-refractivity contribution is -0.0653. The van der Waals surface area contributed by atoms with Crippen LogP contribution in [0.1, 0.15) is 31.0 Å². The zero-order valence-corrected chi connectivity index (χ0v) is 11.6. The van der Waals surface area contributed by atoms with Gasteiger partial charge >= 0.3 is 0 Å². The molecule has 0 aliphatic carbocycles. The van der Waals surface area contributed by atoms with Crippen molar-refractivity contribution in [3.63, 3.8) is 0 Å². The molecule has 0 amide bonds. The summed E-state index contributed by atoms with van der Waals surface area (Å²) >= 11 is 0. The number of aryl methyl sites for hydroxylation is 1. The molecule has 0 bridgehead atoms. The zero-order chi connectivity index (χ0) is 13.1. The monoisotopic (exact) mass is 248 g/mol. The summed E-state index contributed by atoms with van der Waals surface area (Å²) in [5.41, 5.74) is 8.62. The molecule has 1 aromatic carbocycles. The van der Waals surface area contributed by atoms with E-state index in [9.17, 15) is 0 Å². The quantitative estimate of drug-likeness (QED) is 0.890. The van der Waals surface area contributed by atoms with E-state index in [0.717, 1.165) is 13.2 Å². The van der Waals surface area contributed by atoms with Gasteiger partial charge in [-0.3, -0.25) is 4.90 Å².